The van der Waals surface area contributed by atoms with Crippen LogP contribution in [-0.2, 0) is 10.0 Å². The van der Waals surface area contributed by atoms with Gasteiger partial charge in [-0.15, -0.1) is 11.3 Å². The molecule has 4 nitrogen and oxygen atoms in total. The Kier molecular flexibility index (Phi) is 3.63. The number of hydrogen-bond donors (Lipinski definition) is 1. The molecule has 16 heavy (non-hydrogen) atoms. The second kappa shape index (κ2) is 4.83. The van der Waals surface area contributed by atoms with Crippen molar-refractivity contribution in [2.24, 2.45) is 0 Å². The van der Waals surface area contributed by atoms with Crippen LogP contribution in [0.3, 0.4) is 0 Å². The Morgan fingerprint density at radius 2 is 2.31 bits per heavy atom. The molecule has 0 aromatic carbocycles. The van der Waals surface area contributed by atoms with Gasteiger partial charge in [0.25, 0.3) is 10.0 Å². The average molecular weight is 260 g/mol. The molecule has 1 aromatic rings. The molecule has 1 aliphatic heterocycles. The quantitative estimate of drug-likeness (QED) is 0.863. The van der Waals surface area contributed by atoms with Crippen molar-refractivity contribution in [3.8, 4) is 0 Å². The molecular formula is C10H16N2O2S2. The van der Waals surface area contributed by atoms with Crippen molar-refractivity contribution >= 4 is 21.4 Å². The third-order valence-electron chi connectivity index (χ3n) is 2.67. The molecule has 1 N–H and O–H groups in total. The van der Waals surface area contributed by atoms with E-state index in [0.29, 0.717) is 10.8 Å². The Bertz CT molecular complexity index is 424. The summed E-state index contributed by atoms with van der Waals surface area (Å²) in [5.41, 5.74) is 0. The number of sulfonamides is 1. The van der Waals surface area contributed by atoms with Crippen LogP contribution in [0.25, 0.3) is 0 Å². The van der Waals surface area contributed by atoms with Crippen LogP contribution in [0.5, 0.6) is 0 Å². The van der Waals surface area contributed by atoms with Gasteiger partial charge in [-0.05, 0) is 17.9 Å². The molecule has 0 aliphatic carbocycles. The van der Waals surface area contributed by atoms with E-state index >= 15 is 0 Å². The minimum atomic E-state index is -3.27. The Morgan fingerprint density at radius 3 is 2.75 bits per heavy atom. The van der Waals surface area contributed by atoms with Crippen LogP contribution in [0, 0.1) is 0 Å². The number of rotatable bonds is 5. The molecule has 90 valence electrons. The maximum Gasteiger partial charge on any atom is 0.252 e. The molecule has 0 bridgehead atoms. The minimum absolute atomic E-state index is 0.132. The van der Waals surface area contributed by atoms with E-state index in [1.165, 1.54) is 11.3 Å². The van der Waals surface area contributed by atoms with Crippen molar-refractivity contribution in [3.05, 3.63) is 17.5 Å². The highest BCUT2D eigenvalue weighted by atomic mass is 32.2. The van der Waals surface area contributed by atoms with Crippen molar-refractivity contribution in [3.63, 3.8) is 0 Å². The normalized spacial score (nSPS) is 17.6. The molecule has 1 aromatic heterocycles. The lowest BCUT2D eigenvalue weighted by Crippen LogP contribution is -2.58. The van der Waals surface area contributed by atoms with Gasteiger partial charge < -0.3 is 5.32 Å². The largest absolute Gasteiger partial charge is 0.313 e. The van der Waals surface area contributed by atoms with Gasteiger partial charge in [-0.1, -0.05) is 13.0 Å². The van der Waals surface area contributed by atoms with E-state index in [2.05, 4.69) is 5.32 Å². The number of nitrogens with one attached hydrogen (secondary N) is 1. The zero-order valence-electron chi connectivity index (χ0n) is 9.22. The van der Waals surface area contributed by atoms with Crippen LogP contribution in [0.1, 0.15) is 13.3 Å². The van der Waals surface area contributed by atoms with E-state index in [4.69, 9.17) is 0 Å². The van der Waals surface area contributed by atoms with Crippen LogP contribution in [0.2, 0.25) is 0 Å². The fraction of sp³-hybridized carbons (Fsp3) is 0.600. The summed E-state index contributed by atoms with van der Waals surface area (Å²) in [6.07, 6.45) is 0.848. The zero-order chi connectivity index (χ0) is 11.6. The first-order valence-corrected chi connectivity index (χ1v) is 7.74. The first kappa shape index (κ1) is 12.0. The Balaban J connectivity index is 2.24. The lowest BCUT2D eigenvalue weighted by molar-refractivity contribution is 0.242. The van der Waals surface area contributed by atoms with Crippen molar-refractivity contribution in [1.82, 2.24) is 9.62 Å². The van der Waals surface area contributed by atoms with Gasteiger partial charge in [-0.2, -0.15) is 4.31 Å². The monoisotopic (exact) mass is 260 g/mol. The Morgan fingerprint density at radius 1 is 1.56 bits per heavy atom. The van der Waals surface area contributed by atoms with Crippen molar-refractivity contribution in [1.29, 1.82) is 0 Å². The molecule has 0 spiro atoms. The number of nitrogens with zero attached hydrogens (tertiary/aromatic N) is 1. The molecular weight excluding hydrogens is 244 g/mol. The molecule has 6 heteroatoms. The van der Waals surface area contributed by atoms with E-state index in [1.54, 1.807) is 21.8 Å². The van der Waals surface area contributed by atoms with Crippen LogP contribution in [-0.4, -0.2) is 38.4 Å². The van der Waals surface area contributed by atoms with Crippen LogP contribution < -0.4 is 5.32 Å². The van der Waals surface area contributed by atoms with Crippen LogP contribution in [0.15, 0.2) is 21.7 Å². The van der Waals surface area contributed by atoms with Crippen LogP contribution in [0.4, 0.5) is 0 Å². The van der Waals surface area contributed by atoms with Crippen molar-refractivity contribution in [2.75, 3.05) is 19.6 Å². The van der Waals surface area contributed by atoms with E-state index in [0.717, 1.165) is 19.5 Å². The van der Waals surface area contributed by atoms with Gasteiger partial charge in [0.2, 0.25) is 0 Å². The third-order valence-corrected chi connectivity index (χ3v) is 5.99. The fourth-order valence-electron chi connectivity index (χ4n) is 1.72. The molecule has 1 fully saturated rings. The van der Waals surface area contributed by atoms with E-state index in [1.807, 2.05) is 6.92 Å². The minimum Gasteiger partial charge on any atom is -0.313 e. The third kappa shape index (κ3) is 2.15. The summed E-state index contributed by atoms with van der Waals surface area (Å²) in [6, 6.07) is 3.59. The van der Waals surface area contributed by atoms with Crippen molar-refractivity contribution < 1.29 is 8.42 Å². The molecule has 1 saturated heterocycles. The van der Waals surface area contributed by atoms with Gasteiger partial charge in [-0.25, -0.2) is 8.42 Å². The van der Waals surface area contributed by atoms with Gasteiger partial charge >= 0.3 is 0 Å². The second-order valence-electron chi connectivity index (χ2n) is 3.86. The standard InChI is InChI=1S/C10H16N2O2S2/c1-2-5-12(9-7-11-8-9)16(13,14)10-4-3-6-15-10/h3-4,6,9,11H,2,5,7-8H2,1H3. The summed E-state index contributed by atoms with van der Waals surface area (Å²) < 4.78 is 26.7. The number of hydrogen-bond acceptors (Lipinski definition) is 4. The fourth-order valence-corrected chi connectivity index (χ4v) is 4.56. The van der Waals surface area contributed by atoms with Gasteiger partial charge in [-0.3, -0.25) is 0 Å². The summed E-state index contributed by atoms with van der Waals surface area (Å²) in [5.74, 6) is 0. The Labute approximate surface area is 100 Å². The molecule has 0 atom stereocenters. The summed E-state index contributed by atoms with van der Waals surface area (Å²) in [5, 5.41) is 4.92. The lowest BCUT2D eigenvalue weighted by Gasteiger charge is -2.36. The highest BCUT2D eigenvalue weighted by molar-refractivity contribution is 7.91. The maximum atomic E-state index is 12.3. The summed E-state index contributed by atoms with van der Waals surface area (Å²) in [7, 11) is -3.27. The SMILES string of the molecule is CCCN(C1CNC1)S(=O)(=O)c1cccs1. The summed E-state index contributed by atoms with van der Waals surface area (Å²) in [6.45, 7) is 4.14. The molecule has 0 unspecified atom stereocenters. The molecule has 0 saturated carbocycles. The lowest BCUT2D eigenvalue weighted by atomic mass is 10.2. The molecule has 0 amide bonds. The van der Waals surface area contributed by atoms with Gasteiger partial charge in [0.15, 0.2) is 0 Å². The van der Waals surface area contributed by atoms with E-state index in [9.17, 15) is 8.42 Å². The molecule has 1 aliphatic rings. The molecule has 0 radical (unpaired) electrons. The first-order chi connectivity index (χ1) is 7.66. The molecule has 2 rings (SSSR count). The predicted molar refractivity (Wildman–Crippen MR) is 65.2 cm³/mol. The topological polar surface area (TPSA) is 49.4 Å². The van der Waals surface area contributed by atoms with Gasteiger partial charge in [0.05, 0.1) is 6.04 Å². The number of thiophene rings is 1. The highest BCUT2D eigenvalue weighted by Crippen LogP contribution is 2.24. The smallest absolute Gasteiger partial charge is 0.252 e. The summed E-state index contributed by atoms with van der Waals surface area (Å²) in [4.78, 5) is 0. The van der Waals surface area contributed by atoms with Gasteiger partial charge in [0, 0.05) is 19.6 Å². The summed E-state index contributed by atoms with van der Waals surface area (Å²) >= 11 is 1.29. The van der Waals surface area contributed by atoms with Crippen molar-refractivity contribution in [2.45, 2.75) is 23.6 Å². The Hall–Kier alpha value is -0.430. The first-order valence-electron chi connectivity index (χ1n) is 5.42. The zero-order valence-corrected chi connectivity index (χ0v) is 10.9. The van der Waals surface area contributed by atoms with Crippen LogP contribution >= 0.6 is 11.3 Å². The molecule has 2 heterocycles. The van der Waals surface area contributed by atoms with E-state index < -0.39 is 10.0 Å². The van der Waals surface area contributed by atoms with E-state index in [-0.39, 0.29) is 6.04 Å². The second-order valence-corrected chi connectivity index (χ2v) is 6.93. The predicted octanol–water partition coefficient (Wildman–Crippen LogP) is 1.12. The van der Waals surface area contributed by atoms with Gasteiger partial charge in [0.1, 0.15) is 4.21 Å². The average Bonchev–Trinajstić information content (AvgIpc) is 2.67. The highest BCUT2D eigenvalue weighted by Gasteiger charge is 2.34. The maximum absolute atomic E-state index is 12.3.